The van der Waals surface area contributed by atoms with Gasteiger partial charge in [0, 0.05) is 24.7 Å². The summed E-state index contributed by atoms with van der Waals surface area (Å²) < 4.78 is 26.3. The van der Waals surface area contributed by atoms with Crippen molar-refractivity contribution < 1.29 is 8.42 Å². The van der Waals surface area contributed by atoms with Crippen LogP contribution in [-0.2, 0) is 16.6 Å². The molecule has 104 valence electrons. The second-order valence-corrected chi connectivity index (χ2v) is 7.72. The van der Waals surface area contributed by atoms with Gasteiger partial charge >= 0.3 is 0 Å². The summed E-state index contributed by atoms with van der Waals surface area (Å²) >= 11 is 6.96. The molecule has 2 aromatic rings. The monoisotopic (exact) mass is 327 g/mol. The van der Waals surface area contributed by atoms with Gasteiger partial charge in [-0.3, -0.25) is 0 Å². The van der Waals surface area contributed by atoms with Crippen LogP contribution >= 0.6 is 22.9 Å². The maximum absolute atomic E-state index is 12.3. The summed E-state index contributed by atoms with van der Waals surface area (Å²) in [5.74, 6) is 0. The predicted octanol–water partition coefficient (Wildman–Crippen LogP) is 2.49. The maximum atomic E-state index is 12.3. The molecular weight excluding hydrogens is 318 g/mol. The van der Waals surface area contributed by atoms with Crippen LogP contribution < -0.4 is 0 Å². The second kappa shape index (κ2) is 5.89. The van der Waals surface area contributed by atoms with E-state index in [4.69, 9.17) is 16.9 Å². The minimum Gasteiger partial charge on any atom is -0.233 e. The van der Waals surface area contributed by atoms with E-state index in [1.807, 2.05) is 6.07 Å². The largest absolute Gasteiger partial charge is 0.243 e. The summed E-state index contributed by atoms with van der Waals surface area (Å²) in [7, 11) is -2.11. The molecule has 5 nitrogen and oxygen atoms in total. The molecule has 0 bridgehead atoms. The summed E-state index contributed by atoms with van der Waals surface area (Å²) in [5.41, 5.74) is 0.417. The van der Waals surface area contributed by atoms with Crippen LogP contribution in [0.2, 0.25) is 4.47 Å². The van der Waals surface area contributed by atoms with E-state index >= 15 is 0 Å². The van der Waals surface area contributed by atoms with Crippen LogP contribution in [0.25, 0.3) is 0 Å². The number of hydrogen-bond acceptors (Lipinski definition) is 5. The van der Waals surface area contributed by atoms with Crippen molar-refractivity contribution in [3.05, 3.63) is 45.4 Å². The van der Waals surface area contributed by atoms with Gasteiger partial charge in [-0.2, -0.15) is 9.57 Å². The number of benzene rings is 1. The van der Waals surface area contributed by atoms with Gasteiger partial charge in [-0.25, -0.2) is 13.4 Å². The molecule has 8 heteroatoms. The Morgan fingerprint density at radius 3 is 2.55 bits per heavy atom. The van der Waals surface area contributed by atoms with Gasteiger partial charge in [0.15, 0.2) is 4.47 Å². The molecule has 0 radical (unpaired) electrons. The molecule has 1 aromatic carbocycles. The number of hydrogen-bond donors (Lipinski definition) is 0. The first-order valence-electron chi connectivity index (χ1n) is 5.50. The Balaban J connectivity index is 2.22. The molecule has 1 aromatic heterocycles. The minimum atomic E-state index is -3.59. The van der Waals surface area contributed by atoms with E-state index in [0.29, 0.717) is 10.0 Å². The van der Waals surface area contributed by atoms with Gasteiger partial charge in [-0.15, -0.1) is 11.3 Å². The summed E-state index contributed by atoms with van der Waals surface area (Å²) in [6.45, 7) is 0.201. The van der Waals surface area contributed by atoms with E-state index in [1.54, 1.807) is 6.20 Å². The number of rotatable bonds is 4. The maximum Gasteiger partial charge on any atom is 0.243 e. The average Bonchev–Trinajstić information content (AvgIpc) is 2.84. The number of thiazole rings is 1. The standard InChI is InChI=1S/C12H10ClN3O2S2/c1-16(8-10-7-15-12(13)19-10)20(17,18)11-4-2-9(6-14)3-5-11/h2-5,7H,8H2,1H3. The van der Waals surface area contributed by atoms with Crippen molar-refractivity contribution >= 4 is 33.0 Å². The van der Waals surface area contributed by atoms with Crippen molar-refractivity contribution in [2.24, 2.45) is 0 Å². The molecule has 0 fully saturated rings. The summed E-state index contributed by atoms with van der Waals surface area (Å²) in [4.78, 5) is 4.78. The zero-order valence-corrected chi connectivity index (χ0v) is 12.8. The first-order valence-corrected chi connectivity index (χ1v) is 8.13. The third-order valence-electron chi connectivity index (χ3n) is 2.60. The molecule has 0 N–H and O–H groups in total. The Hall–Kier alpha value is -1.46. The highest BCUT2D eigenvalue weighted by Gasteiger charge is 2.21. The Labute approximate surface area is 126 Å². The number of sulfonamides is 1. The molecular formula is C12H10ClN3O2S2. The average molecular weight is 328 g/mol. The zero-order chi connectivity index (χ0) is 14.8. The summed E-state index contributed by atoms with van der Waals surface area (Å²) in [6, 6.07) is 7.74. The number of nitrogens with zero attached hydrogens (tertiary/aromatic N) is 3. The van der Waals surface area contributed by atoms with Crippen LogP contribution in [0.1, 0.15) is 10.4 Å². The molecule has 0 aliphatic carbocycles. The number of nitriles is 1. The molecule has 0 unspecified atom stereocenters. The zero-order valence-electron chi connectivity index (χ0n) is 10.4. The lowest BCUT2D eigenvalue weighted by Gasteiger charge is -2.16. The van der Waals surface area contributed by atoms with Gasteiger partial charge in [0.2, 0.25) is 10.0 Å². The molecule has 1 heterocycles. The van der Waals surface area contributed by atoms with Crippen LogP contribution in [0.3, 0.4) is 0 Å². The molecule has 0 aliphatic rings. The second-order valence-electron chi connectivity index (χ2n) is 3.98. The van der Waals surface area contributed by atoms with Gasteiger partial charge in [-0.1, -0.05) is 11.6 Å². The highest BCUT2D eigenvalue weighted by Crippen LogP contribution is 2.22. The SMILES string of the molecule is CN(Cc1cnc(Cl)s1)S(=O)(=O)c1ccc(C#N)cc1. The molecule has 2 rings (SSSR count). The topological polar surface area (TPSA) is 74.1 Å². The van der Waals surface area contributed by atoms with Crippen LogP contribution in [-0.4, -0.2) is 24.8 Å². The van der Waals surface area contributed by atoms with Crippen molar-refractivity contribution in [3.63, 3.8) is 0 Å². The fourth-order valence-electron chi connectivity index (χ4n) is 1.54. The van der Waals surface area contributed by atoms with Crippen molar-refractivity contribution in [2.75, 3.05) is 7.05 Å². The molecule has 20 heavy (non-hydrogen) atoms. The molecule has 0 amide bonds. The van der Waals surface area contributed by atoms with Gasteiger partial charge < -0.3 is 0 Å². The fraction of sp³-hybridized carbons (Fsp3) is 0.167. The van der Waals surface area contributed by atoms with E-state index in [9.17, 15) is 8.42 Å². The van der Waals surface area contributed by atoms with Crippen molar-refractivity contribution in [3.8, 4) is 6.07 Å². The summed E-state index contributed by atoms with van der Waals surface area (Å²) in [6.07, 6.45) is 1.55. The van der Waals surface area contributed by atoms with E-state index in [-0.39, 0.29) is 11.4 Å². The first kappa shape index (κ1) is 14.9. The van der Waals surface area contributed by atoms with E-state index in [1.165, 1.54) is 47.0 Å². The van der Waals surface area contributed by atoms with Gasteiger partial charge in [0.05, 0.1) is 16.5 Å². The van der Waals surface area contributed by atoms with Crippen LogP contribution in [0.5, 0.6) is 0 Å². The third-order valence-corrected chi connectivity index (χ3v) is 5.51. The van der Waals surface area contributed by atoms with Crippen molar-refractivity contribution in [1.82, 2.24) is 9.29 Å². The molecule has 0 saturated heterocycles. The normalized spacial score (nSPS) is 11.5. The van der Waals surface area contributed by atoms with Crippen LogP contribution in [0.15, 0.2) is 35.4 Å². The lowest BCUT2D eigenvalue weighted by Crippen LogP contribution is -2.26. The van der Waals surface area contributed by atoms with Crippen molar-refractivity contribution in [1.29, 1.82) is 5.26 Å². The Kier molecular flexibility index (Phi) is 4.40. The third kappa shape index (κ3) is 3.16. The lowest BCUT2D eigenvalue weighted by molar-refractivity contribution is 0.469. The first-order chi connectivity index (χ1) is 9.43. The molecule has 0 saturated carbocycles. The fourth-order valence-corrected chi connectivity index (χ4v) is 3.80. The number of halogens is 1. The van der Waals surface area contributed by atoms with Gasteiger partial charge in [0.1, 0.15) is 0 Å². The Morgan fingerprint density at radius 2 is 2.05 bits per heavy atom. The smallest absolute Gasteiger partial charge is 0.233 e. The Bertz CT molecular complexity index is 748. The molecule has 0 atom stereocenters. The van der Waals surface area contributed by atoms with E-state index < -0.39 is 10.0 Å². The van der Waals surface area contributed by atoms with E-state index in [0.717, 1.165) is 4.88 Å². The quantitative estimate of drug-likeness (QED) is 0.864. The highest BCUT2D eigenvalue weighted by atomic mass is 35.5. The van der Waals surface area contributed by atoms with Crippen LogP contribution in [0.4, 0.5) is 0 Å². The molecule has 0 aliphatic heterocycles. The van der Waals surface area contributed by atoms with Gasteiger partial charge in [0.25, 0.3) is 0 Å². The highest BCUT2D eigenvalue weighted by molar-refractivity contribution is 7.89. The van der Waals surface area contributed by atoms with Gasteiger partial charge in [-0.05, 0) is 24.3 Å². The summed E-state index contributed by atoms with van der Waals surface area (Å²) in [5, 5.41) is 8.71. The Morgan fingerprint density at radius 1 is 1.40 bits per heavy atom. The van der Waals surface area contributed by atoms with E-state index in [2.05, 4.69) is 4.98 Å². The number of aromatic nitrogens is 1. The van der Waals surface area contributed by atoms with Crippen molar-refractivity contribution in [2.45, 2.75) is 11.4 Å². The lowest BCUT2D eigenvalue weighted by atomic mass is 10.2. The molecule has 0 spiro atoms. The predicted molar refractivity (Wildman–Crippen MR) is 76.9 cm³/mol. The van der Waals surface area contributed by atoms with Crippen LogP contribution in [0, 0.1) is 11.3 Å². The minimum absolute atomic E-state index is 0.148.